The molecule has 0 amide bonds. The van der Waals surface area contributed by atoms with Crippen LogP contribution in [-0.2, 0) is 9.53 Å². The van der Waals surface area contributed by atoms with Crippen LogP contribution in [0.2, 0.25) is 0 Å². The number of rotatable bonds is 6. The van der Waals surface area contributed by atoms with E-state index in [1.165, 1.54) is 0 Å². The van der Waals surface area contributed by atoms with Gasteiger partial charge in [-0.25, -0.2) is 0 Å². The van der Waals surface area contributed by atoms with E-state index in [1.54, 1.807) is 11.9 Å². The molecule has 0 aliphatic rings. The van der Waals surface area contributed by atoms with Crippen molar-refractivity contribution in [1.29, 1.82) is 0 Å². The van der Waals surface area contributed by atoms with Gasteiger partial charge in [0.25, 0.3) is 0 Å². The maximum absolute atomic E-state index is 10.2. The number of carboxylic acid groups (broad SMARTS) is 1. The Kier molecular flexibility index (Phi) is 11.9. The first kappa shape index (κ1) is 15.8. The number of ether oxygens (including phenoxy) is 1. The Balaban J connectivity index is 0. The first-order valence-electron chi connectivity index (χ1n) is 5.04. The molecule has 0 radical (unpaired) electrons. The number of hydrogen-bond donors (Lipinski definition) is 1. The van der Waals surface area contributed by atoms with Crippen LogP contribution in [0.25, 0.3) is 0 Å². The van der Waals surface area contributed by atoms with E-state index >= 15 is 0 Å². The summed E-state index contributed by atoms with van der Waals surface area (Å²) in [5.74, 6) is -0.804. The molecule has 1 N–H and O–H groups in total. The van der Waals surface area contributed by atoms with Crippen LogP contribution in [0.3, 0.4) is 0 Å². The van der Waals surface area contributed by atoms with Gasteiger partial charge in [0.05, 0.1) is 19.3 Å². The highest BCUT2D eigenvalue weighted by Crippen LogP contribution is 1.88. The molecule has 0 aromatic carbocycles. The van der Waals surface area contributed by atoms with E-state index in [9.17, 15) is 4.79 Å². The van der Waals surface area contributed by atoms with Crippen molar-refractivity contribution in [3.05, 3.63) is 0 Å². The van der Waals surface area contributed by atoms with Crippen LogP contribution >= 0.6 is 0 Å². The highest BCUT2D eigenvalue weighted by molar-refractivity contribution is 5.68. The second kappa shape index (κ2) is 10.5. The van der Waals surface area contributed by atoms with Crippen LogP contribution < -0.4 is 0 Å². The van der Waals surface area contributed by atoms with Crippen molar-refractivity contribution >= 4 is 5.97 Å². The van der Waals surface area contributed by atoms with Crippen LogP contribution in [0.1, 0.15) is 27.7 Å². The molecule has 14 heavy (non-hydrogen) atoms. The minimum atomic E-state index is -0.804. The minimum Gasteiger partial charge on any atom is -0.480 e. The van der Waals surface area contributed by atoms with E-state index in [0.29, 0.717) is 13.2 Å². The SMILES string of the molecule is CC.CC(C)OCCN(C)CC(=O)O. The Hall–Kier alpha value is -0.610. The highest BCUT2D eigenvalue weighted by atomic mass is 16.5. The molecule has 0 atom stereocenters. The molecule has 0 unspecified atom stereocenters. The summed E-state index contributed by atoms with van der Waals surface area (Å²) in [4.78, 5) is 11.9. The van der Waals surface area contributed by atoms with Crippen molar-refractivity contribution in [2.75, 3.05) is 26.7 Å². The standard InChI is InChI=1S/C8H17NO3.C2H6/c1-7(2)12-5-4-9(3)6-8(10)11;1-2/h7H,4-6H2,1-3H3,(H,10,11);1-2H3. The zero-order valence-corrected chi connectivity index (χ0v) is 9.91. The average molecular weight is 205 g/mol. The summed E-state index contributed by atoms with van der Waals surface area (Å²) in [6.07, 6.45) is 0.211. The molecule has 4 heteroatoms. The number of likely N-dealkylation sites (N-methyl/N-ethyl adjacent to an activating group) is 1. The van der Waals surface area contributed by atoms with Crippen molar-refractivity contribution in [2.24, 2.45) is 0 Å². The Labute approximate surface area is 86.9 Å². The molecular weight excluding hydrogens is 182 g/mol. The van der Waals surface area contributed by atoms with E-state index in [-0.39, 0.29) is 12.6 Å². The number of hydrogen-bond acceptors (Lipinski definition) is 3. The van der Waals surface area contributed by atoms with Gasteiger partial charge in [0.2, 0.25) is 0 Å². The average Bonchev–Trinajstić information content (AvgIpc) is 2.05. The number of carbonyl (C=O) groups is 1. The summed E-state index contributed by atoms with van der Waals surface area (Å²) < 4.78 is 5.26. The van der Waals surface area contributed by atoms with Crippen molar-refractivity contribution in [3.63, 3.8) is 0 Å². The summed E-state index contributed by atoms with van der Waals surface area (Å²) in [6.45, 7) is 9.22. The first-order valence-corrected chi connectivity index (χ1v) is 5.04. The third-order valence-corrected chi connectivity index (χ3v) is 1.33. The van der Waals surface area contributed by atoms with Crippen molar-refractivity contribution < 1.29 is 14.6 Å². The van der Waals surface area contributed by atoms with Crippen molar-refractivity contribution in [2.45, 2.75) is 33.8 Å². The molecule has 0 bridgehead atoms. The summed E-state index contributed by atoms with van der Waals surface area (Å²) in [7, 11) is 1.76. The van der Waals surface area contributed by atoms with Gasteiger partial charge in [0, 0.05) is 6.54 Å². The van der Waals surface area contributed by atoms with Crippen LogP contribution in [0.15, 0.2) is 0 Å². The maximum atomic E-state index is 10.2. The molecule has 0 fully saturated rings. The second-order valence-electron chi connectivity index (χ2n) is 3.05. The minimum absolute atomic E-state index is 0.0709. The van der Waals surface area contributed by atoms with Gasteiger partial charge >= 0.3 is 5.97 Å². The van der Waals surface area contributed by atoms with Gasteiger partial charge < -0.3 is 9.84 Å². The zero-order chi connectivity index (χ0) is 11.6. The molecule has 0 spiro atoms. The molecular formula is C10H23NO3. The quantitative estimate of drug-likeness (QED) is 0.713. The second-order valence-corrected chi connectivity index (χ2v) is 3.05. The van der Waals surface area contributed by atoms with Crippen molar-refractivity contribution in [3.8, 4) is 0 Å². The van der Waals surface area contributed by atoms with E-state index in [4.69, 9.17) is 9.84 Å². The first-order chi connectivity index (χ1) is 6.52. The molecule has 0 aliphatic heterocycles. The van der Waals surface area contributed by atoms with E-state index < -0.39 is 5.97 Å². The fraction of sp³-hybridized carbons (Fsp3) is 0.900. The molecule has 4 nitrogen and oxygen atoms in total. The van der Waals surface area contributed by atoms with E-state index in [2.05, 4.69) is 0 Å². The smallest absolute Gasteiger partial charge is 0.317 e. The van der Waals surface area contributed by atoms with Gasteiger partial charge in [-0.05, 0) is 20.9 Å². The lowest BCUT2D eigenvalue weighted by molar-refractivity contribution is -0.138. The lowest BCUT2D eigenvalue weighted by Crippen LogP contribution is -2.29. The zero-order valence-electron chi connectivity index (χ0n) is 9.91. The Morgan fingerprint density at radius 3 is 2.29 bits per heavy atom. The summed E-state index contributed by atoms with van der Waals surface area (Å²) >= 11 is 0. The van der Waals surface area contributed by atoms with Crippen LogP contribution in [0.5, 0.6) is 0 Å². The summed E-state index contributed by atoms with van der Waals surface area (Å²) in [6, 6.07) is 0. The molecule has 0 aromatic rings. The predicted molar refractivity (Wildman–Crippen MR) is 57.6 cm³/mol. The highest BCUT2D eigenvalue weighted by Gasteiger charge is 2.03. The summed E-state index contributed by atoms with van der Waals surface area (Å²) in [5, 5.41) is 8.41. The maximum Gasteiger partial charge on any atom is 0.317 e. The fourth-order valence-corrected chi connectivity index (χ4v) is 0.754. The lowest BCUT2D eigenvalue weighted by atomic mass is 10.5. The van der Waals surface area contributed by atoms with Gasteiger partial charge in [-0.15, -0.1) is 0 Å². The van der Waals surface area contributed by atoms with Gasteiger partial charge in [-0.1, -0.05) is 13.8 Å². The molecule has 86 valence electrons. The Bertz CT molecular complexity index is 137. The molecule has 0 saturated carbocycles. The number of nitrogens with zero attached hydrogens (tertiary/aromatic N) is 1. The van der Waals surface area contributed by atoms with E-state index in [1.807, 2.05) is 27.7 Å². The topological polar surface area (TPSA) is 49.8 Å². The number of aliphatic carboxylic acids is 1. The third-order valence-electron chi connectivity index (χ3n) is 1.33. The monoisotopic (exact) mass is 205 g/mol. The van der Waals surface area contributed by atoms with Gasteiger partial charge in [-0.2, -0.15) is 0 Å². The normalized spacial score (nSPS) is 9.93. The largest absolute Gasteiger partial charge is 0.480 e. The summed E-state index contributed by atoms with van der Waals surface area (Å²) in [5.41, 5.74) is 0. The van der Waals surface area contributed by atoms with Gasteiger partial charge in [0.15, 0.2) is 0 Å². The van der Waals surface area contributed by atoms with Crippen LogP contribution in [-0.4, -0.2) is 48.8 Å². The fourth-order valence-electron chi connectivity index (χ4n) is 0.754. The molecule has 0 aliphatic carbocycles. The lowest BCUT2D eigenvalue weighted by Gasteiger charge is -2.14. The molecule has 0 saturated heterocycles. The molecule has 0 aromatic heterocycles. The van der Waals surface area contributed by atoms with Gasteiger partial charge in [0.1, 0.15) is 0 Å². The van der Waals surface area contributed by atoms with E-state index in [0.717, 1.165) is 0 Å². The third kappa shape index (κ3) is 13.9. The van der Waals surface area contributed by atoms with Crippen LogP contribution in [0.4, 0.5) is 0 Å². The predicted octanol–water partition coefficient (Wildman–Crippen LogP) is 1.45. The number of carboxylic acids is 1. The molecule has 0 rings (SSSR count). The van der Waals surface area contributed by atoms with Crippen molar-refractivity contribution in [1.82, 2.24) is 4.90 Å². The van der Waals surface area contributed by atoms with Gasteiger partial charge in [-0.3, -0.25) is 9.69 Å². The Morgan fingerprint density at radius 1 is 1.43 bits per heavy atom. The van der Waals surface area contributed by atoms with Crippen LogP contribution in [0, 0.1) is 0 Å². The molecule has 0 heterocycles. The Morgan fingerprint density at radius 2 is 1.93 bits per heavy atom.